The van der Waals surface area contributed by atoms with E-state index in [2.05, 4.69) is 15.9 Å². The number of fused-ring (bicyclic) bond motifs is 1. The molecule has 1 aromatic carbocycles. The van der Waals surface area contributed by atoms with Gasteiger partial charge in [-0.25, -0.2) is 0 Å². The first-order chi connectivity index (χ1) is 9.56. The Morgan fingerprint density at radius 1 is 1.35 bits per heavy atom. The summed E-state index contributed by atoms with van der Waals surface area (Å²) in [6.45, 7) is 1.81. The topological polar surface area (TPSA) is 66.6 Å². The number of anilines is 1. The van der Waals surface area contributed by atoms with Crippen molar-refractivity contribution in [1.82, 2.24) is 9.80 Å². The summed E-state index contributed by atoms with van der Waals surface area (Å²) in [5.41, 5.74) is 6.91. The standard InChI is InChI=1S/C14H16BrN3O2/c15-9-1-3-12(16)11(7-9)14(20)17-5-6-18-10(8-17)2-4-13(18)19/h1,3,7,10H,2,4-6,8,16H2. The quantitative estimate of drug-likeness (QED) is 0.789. The third kappa shape index (κ3) is 2.28. The highest BCUT2D eigenvalue weighted by atomic mass is 79.9. The predicted molar refractivity (Wildman–Crippen MR) is 79.2 cm³/mol. The Morgan fingerprint density at radius 2 is 2.15 bits per heavy atom. The van der Waals surface area contributed by atoms with E-state index in [-0.39, 0.29) is 17.9 Å². The van der Waals surface area contributed by atoms with Gasteiger partial charge in [0.25, 0.3) is 5.91 Å². The van der Waals surface area contributed by atoms with Gasteiger partial charge in [-0.05, 0) is 24.6 Å². The molecular formula is C14H16BrN3O2. The molecule has 2 aliphatic heterocycles. The number of nitrogens with zero attached hydrogens (tertiary/aromatic N) is 2. The van der Waals surface area contributed by atoms with Crippen LogP contribution in [0.15, 0.2) is 22.7 Å². The van der Waals surface area contributed by atoms with Gasteiger partial charge in [0.1, 0.15) is 0 Å². The van der Waals surface area contributed by atoms with E-state index >= 15 is 0 Å². The van der Waals surface area contributed by atoms with E-state index in [4.69, 9.17) is 5.73 Å². The van der Waals surface area contributed by atoms with Crippen molar-refractivity contribution >= 4 is 33.4 Å². The molecule has 5 nitrogen and oxygen atoms in total. The molecule has 2 fully saturated rings. The number of amides is 2. The summed E-state index contributed by atoms with van der Waals surface area (Å²) in [5, 5.41) is 0. The second-order valence-corrected chi connectivity index (χ2v) is 6.18. The van der Waals surface area contributed by atoms with E-state index in [0.717, 1.165) is 10.9 Å². The minimum Gasteiger partial charge on any atom is -0.398 e. The first-order valence-electron chi connectivity index (χ1n) is 6.70. The second-order valence-electron chi connectivity index (χ2n) is 5.26. The number of carbonyl (C=O) groups is 2. The Labute approximate surface area is 125 Å². The van der Waals surface area contributed by atoms with Crippen molar-refractivity contribution in [1.29, 1.82) is 0 Å². The Hall–Kier alpha value is -1.56. The smallest absolute Gasteiger partial charge is 0.256 e. The van der Waals surface area contributed by atoms with Crippen molar-refractivity contribution in [2.75, 3.05) is 25.4 Å². The summed E-state index contributed by atoms with van der Waals surface area (Å²) in [4.78, 5) is 27.9. The highest BCUT2D eigenvalue weighted by molar-refractivity contribution is 9.10. The average molecular weight is 338 g/mol. The third-order valence-corrected chi connectivity index (χ3v) is 4.52. The van der Waals surface area contributed by atoms with Gasteiger partial charge in [-0.3, -0.25) is 9.59 Å². The van der Waals surface area contributed by atoms with Crippen LogP contribution in [0.3, 0.4) is 0 Å². The van der Waals surface area contributed by atoms with Crippen LogP contribution in [0.2, 0.25) is 0 Å². The Kier molecular flexibility index (Phi) is 3.41. The monoisotopic (exact) mass is 337 g/mol. The molecule has 20 heavy (non-hydrogen) atoms. The number of rotatable bonds is 1. The molecule has 1 aromatic rings. The van der Waals surface area contributed by atoms with Crippen LogP contribution in [0.25, 0.3) is 0 Å². The maximum atomic E-state index is 12.6. The lowest BCUT2D eigenvalue weighted by atomic mass is 10.1. The molecule has 1 unspecified atom stereocenters. The van der Waals surface area contributed by atoms with E-state index in [0.29, 0.717) is 37.3 Å². The Balaban J connectivity index is 1.78. The van der Waals surface area contributed by atoms with Crippen LogP contribution in [0, 0.1) is 0 Å². The first-order valence-corrected chi connectivity index (χ1v) is 7.49. The van der Waals surface area contributed by atoms with Gasteiger partial charge in [0.05, 0.1) is 5.56 Å². The van der Waals surface area contributed by atoms with Gasteiger partial charge in [-0.1, -0.05) is 15.9 Å². The van der Waals surface area contributed by atoms with Crippen molar-refractivity contribution < 1.29 is 9.59 Å². The molecule has 0 radical (unpaired) electrons. The van der Waals surface area contributed by atoms with Crippen LogP contribution in [0.5, 0.6) is 0 Å². The van der Waals surface area contributed by atoms with Gasteiger partial charge >= 0.3 is 0 Å². The number of carbonyl (C=O) groups excluding carboxylic acids is 2. The van der Waals surface area contributed by atoms with Crippen molar-refractivity contribution in [3.05, 3.63) is 28.2 Å². The fourth-order valence-electron chi connectivity index (χ4n) is 2.93. The number of hydrogen-bond donors (Lipinski definition) is 1. The lowest BCUT2D eigenvalue weighted by Crippen LogP contribution is -2.53. The largest absolute Gasteiger partial charge is 0.398 e. The zero-order valence-corrected chi connectivity index (χ0v) is 12.6. The molecule has 0 aromatic heterocycles. The molecule has 6 heteroatoms. The zero-order chi connectivity index (χ0) is 14.3. The van der Waals surface area contributed by atoms with Gasteiger partial charge in [0.15, 0.2) is 0 Å². The van der Waals surface area contributed by atoms with Gasteiger partial charge in [-0.2, -0.15) is 0 Å². The van der Waals surface area contributed by atoms with Crippen LogP contribution in [0.4, 0.5) is 5.69 Å². The maximum Gasteiger partial charge on any atom is 0.256 e. The maximum absolute atomic E-state index is 12.6. The first kappa shape index (κ1) is 13.4. The summed E-state index contributed by atoms with van der Waals surface area (Å²) >= 11 is 3.36. The van der Waals surface area contributed by atoms with E-state index in [1.54, 1.807) is 17.0 Å². The SMILES string of the molecule is Nc1ccc(Br)cc1C(=O)N1CCN2C(=O)CCC2C1. The summed E-state index contributed by atoms with van der Waals surface area (Å²) in [6, 6.07) is 5.48. The van der Waals surface area contributed by atoms with Crippen LogP contribution < -0.4 is 5.73 Å². The fourth-order valence-corrected chi connectivity index (χ4v) is 3.29. The van der Waals surface area contributed by atoms with Crippen molar-refractivity contribution in [2.45, 2.75) is 18.9 Å². The Morgan fingerprint density at radius 3 is 2.95 bits per heavy atom. The van der Waals surface area contributed by atoms with Gasteiger partial charge in [0.2, 0.25) is 5.91 Å². The summed E-state index contributed by atoms with van der Waals surface area (Å²) < 4.78 is 0.838. The molecule has 2 saturated heterocycles. The van der Waals surface area contributed by atoms with Crippen LogP contribution in [0.1, 0.15) is 23.2 Å². The molecule has 2 amide bonds. The second kappa shape index (κ2) is 5.09. The number of piperazine rings is 1. The molecule has 2 N–H and O–H groups in total. The molecule has 3 rings (SSSR count). The molecule has 0 aliphatic carbocycles. The average Bonchev–Trinajstić information content (AvgIpc) is 2.82. The van der Waals surface area contributed by atoms with Crippen molar-refractivity contribution in [2.24, 2.45) is 0 Å². The van der Waals surface area contributed by atoms with Gasteiger partial charge in [-0.15, -0.1) is 0 Å². The van der Waals surface area contributed by atoms with Crippen LogP contribution in [-0.4, -0.2) is 47.3 Å². The van der Waals surface area contributed by atoms with E-state index in [1.165, 1.54) is 0 Å². The third-order valence-electron chi connectivity index (χ3n) is 4.03. The minimum atomic E-state index is -0.0530. The van der Waals surface area contributed by atoms with Crippen LogP contribution >= 0.6 is 15.9 Å². The number of benzene rings is 1. The fraction of sp³-hybridized carbons (Fsp3) is 0.429. The number of nitrogen functional groups attached to an aromatic ring is 1. The summed E-state index contributed by atoms with van der Waals surface area (Å²) in [6.07, 6.45) is 1.45. The number of hydrogen-bond acceptors (Lipinski definition) is 3. The predicted octanol–water partition coefficient (Wildman–Crippen LogP) is 1.48. The Bertz CT molecular complexity index is 576. The highest BCUT2D eigenvalue weighted by Gasteiger charge is 2.37. The van der Waals surface area contributed by atoms with Gasteiger partial charge in [0, 0.05) is 42.3 Å². The zero-order valence-electron chi connectivity index (χ0n) is 11.0. The normalized spacial score (nSPS) is 22.1. The lowest BCUT2D eigenvalue weighted by Gasteiger charge is -2.37. The molecule has 2 heterocycles. The highest BCUT2D eigenvalue weighted by Crippen LogP contribution is 2.25. The molecular weight excluding hydrogens is 322 g/mol. The van der Waals surface area contributed by atoms with E-state index in [9.17, 15) is 9.59 Å². The molecule has 0 saturated carbocycles. The minimum absolute atomic E-state index is 0.0530. The molecule has 0 spiro atoms. The van der Waals surface area contributed by atoms with E-state index in [1.807, 2.05) is 11.0 Å². The van der Waals surface area contributed by atoms with Crippen molar-refractivity contribution in [3.8, 4) is 0 Å². The molecule has 106 valence electrons. The lowest BCUT2D eigenvalue weighted by molar-refractivity contribution is -0.130. The molecule has 0 bridgehead atoms. The van der Waals surface area contributed by atoms with Crippen LogP contribution in [-0.2, 0) is 4.79 Å². The summed E-state index contributed by atoms with van der Waals surface area (Å²) in [5.74, 6) is 0.159. The van der Waals surface area contributed by atoms with Gasteiger partial charge < -0.3 is 15.5 Å². The molecule has 2 aliphatic rings. The molecule has 1 atom stereocenters. The number of halogens is 1. The number of nitrogens with two attached hydrogens (primary N) is 1. The summed E-state index contributed by atoms with van der Waals surface area (Å²) in [7, 11) is 0. The van der Waals surface area contributed by atoms with Crippen molar-refractivity contribution in [3.63, 3.8) is 0 Å². The van der Waals surface area contributed by atoms with E-state index < -0.39 is 0 Å².